The van der Waals surface area contributed by atoms with E-state index in [-0.39, 0.29) is 60.1 Å². The van der Waals surface area contributed by atoms with Gasteiger partial charge in [-0.1, -0.05) is 71.0 Å². The first-order chi connectivity index (χ1) is 30.4. The normalized spacial score (nSPS) is 15.0. The van der Waals surface area contributed by atoms with Gasteiger partial charge in [-0.3, -0.25) is 19.2 Å². The van der Waals surface area contributed by atoms with Crippen molar-refractivity contribution in [3.05, 3.63) is 154 Å². The number of methoxy groups -OCH3 is 1. The summed E-state index contributed by atoms with van der Waals surface area (Å²) >= 11 is 0. The van der Waals surface area contributed by atoms with Crippen LogP contribution in [0.2, 0.25) is 0 Å². The van der Waals surface area contributed by atoms with Gasteiger partial charge in [-0.25, -0.2) is 9.59 Å². The molecule has 4 heterocycles. The zero-order valence-corrected chi connectivity index (χ0v) is 35.5. The quantitative estimate of drug-likeness (QED) is 0.129. The zero-order valence-electron chi connectivity index (χ0n) is 35.5. The van der Waals surface area contributed by atoms with Crippen LogP contribution in [-0.4, -0.2) is 103 Å². The van der Waals surface area contributed by atoms with Crippen molar-refractivity contribution in [2.24, 2.45) is 0 Å². The summed E-state index contributed by atoms with van der Waals surface area (Å²) in [5.74, 6) is -1.79. The number of benzene rings is 4. The molecule has 4 aromatic carbocycles. The number of hydrogen-bond donors (Lipinski definition) is 3. The van der Waals surface area contributed by atoms with E-state index in [1.54, 1.807) is 25.2 Å². The molecule has 0 fully saturated rings. The summed E-state index contributed by atoms with van der Waals surface area (Å²) in [6.07, 6.45) is 0.976. The monoisotopic (exact) mass is 880 g/mol. The third-order valence-corrected chi connectivity index (χ3v) is 10.0. The smallest absolute Gasteiger partial charge is 0.870 e. The molecular formula is C45H41LiN6O13. The number of carboxylic acids is 1. The molecular weight excluding hydrogens is 839 g/mol. The van der Waals surface area contributed by atoms with Gasteiger partial charge in [-0.2, -0.15) is 0 Å². The van der Waals surface area contributed by atoms with Gasteiger partial charge in [0, 0.05) is 39.1 Å². The van der Waals surface area contributed by atoms with Gasteiger partial charge in [0.25, 0.3) is 23.6 Å². The number of carboxylic acid groups (broad SMARTS) is 1. The van der Waals surface area contributed by atoms with E-state index in [1.807, 2.05) is 60.7 Å². The van der Waals surface area contributed by atoms with Crippen LogP contribution in [0.4, 0.5) is 11.4 Å². The Labute approximate surface area is 383 Å². The molecule has 0 spiro atoms. The maximum atomic E-state index is 12.9. The molecule has 8 rings (SSSR count). The Morgan fingerprint density at radius 1 is 0.662 bits per heavy atom. The van der Waals surface area contributed by atoms with E-state index in [0.29, 0.717) is 47.2 Å². The van der Waals surface area contributed by atoms with Gasteiger partial charge in [0.1, 0.15) is 48.3 Å². The van der Waals surface area contributed by atoms with Gasteiger partial charge in [0.15, 0.2) is 11.4 Å². The first-order valence-corrected chi connectivity index (χ1v) is 19.4. The van der Waals surface area contributed by atoms with Crippen LogP contribution in [0.1, 0.15) is 64.3 Å². The van der Waals surface area contributed by atoms with Crippen molar-refractivity contribution in [3.8, 4) is 11.5 Å². The summed E-state index contributed by atoms with van der Waals surface area (Å²) in [7, 11) is 4.32. The number of carbonyl (C=O) groups excluding carboxylic acids is 5. The van der Waals surface area contributed by atoms with Crippen LogP contribution in [0.25, 0.3) is 0 Å². The molecule has 4 N–H and O–H groups in total. The minimum absolute atomic E-state index is 0. The van der Waals surface area contributed by atoms with E-state index < -0.39 is 47.7 Å². The Kier molecular flexibility index (Phi) is 16.0. The number of aromatic nitrogens is 2. The zero-order chi connectivity index (χ0) is 44.6. The SMILES string of the molecule is CN1C(=O)[C@@H](NC(=O)c2cc(Cc3ccccc3)on2)COc2ccc(C(=O)O)cc21.COC(=O)c1ccc2c(c1)N(C)C(=O)[C@@H](NC(=O)c1cc(Cc3ccccc3)on1)CO2.[Li+].[OH-]. The van der Waals surface area contributed by atoms with Gasteiger partial charge < -0.3 is 54.3 Å². The molecule has 65 heavy (non-hydrogen) atoms. The van der Waals surface area contributed by atoms with Crippen molar-refractivity contribution in [2.45, 2.75) is 24.9 Å². The molecule has 0 aliphatic carbocycles. The minimum Gasteiger partial charge on any atom is -0.870 e. The fraction of sp³-hybridized carbons (Fsp3) is 0.200. The number of esters is 1. The van der Waals surface area contributed by atoms with Crippen molar-refractivity contribution in [3.63, 3.8) is 0 Å². The summed E-state index contributed by atoms with van der Waals surface area (Å²) in [6.45, 7) is -0.183. The second-order valence-corrected chi connectivity index (χ2v) is 14.3. The van der Waals surface area contributed by atoms with E-state index in [4.69, 9.17) is 23.3 Å². The van der Waals surface area contributed by atoms with Crippen LogP contribution >= 0.6 is 0 Å². The number of rotatable bonds is 10. The molecule has 2 aliphatic heterocycles. The Morgan fingerprint density at radius 2 is 1.08 bits per heavy atom. The maximum absolute atomic E-state index is 12.9. The summed E-state index contributed by atoms with van der Waals surface area (Å²) in [5.41, 5.74) is 3.18. The average molecular weight is 881 g/mol. The summed E-state index contributed by atoms with van der Waals surface area (Å²) in [5, 5.41) is 22.1. The van der Waals surface area contributed by atoms with Crippen molar-refractivity contribution in [1.82, 2.24) is 20.9 Å². The minimum atomic E-state index is -1.12. The Hall–Kier alpha value is -7.72. The molecule has 2 aromatic heterocycles. The fourth-order valence-electron chi connectivity index (χ4n) is 6.65. The first-order valence-electron chi connectivity index (χ1n) is 19.4. The molecule has 0 saturated heterocycles. The Balaban J connectivity index is 0.000000237. The number of fused-ring (bicyclic) bond motifs is 2. The Bertz CT molecular complexity index is 2670. The van der Waals surface area contributed by atoms with Crippen molar-refractivity contribution in [2.75, 3.05) is 44.2 Å². The van der Waals surface area contributed by atoms with Gasteiger partial charge in [0.05, 0.1) is 29.6 Å². The van der Waals surface area contributed by atoms with Gasteiger partial charge in [-0.15, -0.1) is 0 Å². The third-order valence-electron chi connectivity index (χ3n) is 10.0. The molecule has 0 unspecified atom stereocenters. The number of amides is 4. The topological polar surface area (TPSA) is 263 Å². The van der Waals surface area contributed by atoms with Crippen molar-refractivity contribution >= 4 is 46.9 Å². The number of anilines is 2. The van der Waals surface area contributed by atoms with Gasteiger partial charge in [0.2, 0.25) is 0 Å². The molecule has 0 saturated carbocycles. The standard InChI is InChI=1S/C23H21N3O6.C22H19N3O6.Li.H2O/c1-26-19-11-15(23(29)30-2)8-9-20(19)31-13-18(22(26)28)24-21(27)17-12-16(32-25-17)10-14-6-4-3-5-7-14;1-25-18-10-14(22(28)29)7-8-19(18)30-12-17(21(25)27)23-20(26)16-11-15(31-24-16)9-13-5-3-2-4-6-13;;/h3-9,11-12,18H,10,13H2,1-2H3,(H,24,27);2-8,10-11,17H,9,12H2,1H3,(H,23,26)(H,28,29);;1H2/q;;+1;/p-1/t18-;17-;;/m00../s1. The van der Waals surface area contributed by atoms with Crippen LogP contribution in [-0.2, 0) is 27.2 Å². The van der Waals surface area contributed by atoms with Crippen molar-refractivity contribution < 1.29 is 81.5 Å². The van der Waals surface area contributed by atoms with E-state index in [9.17, 15) is 33.9 Å². The molecule has 0 radical (unpaired) electrons. The van der Waals surface area contributed by atoms with E-state index in [2.05, 4.69) is 20.9 Å². The van der Waals surface area contributed by atoms with E-state index >= 15 is 0 Å². The number of carbonyl (C=O) groups is 6. The number of aromatic carboxylic acids is 1. The molecule has 19 nitrogen and oxygen atoms in total. The Morgan fingerprint density at radius 3 is 1.49 bits per heavy atom. The van der Waals surface area contributed by atoms with Crippen molar-refractivity contribution in [1.29, 1.82) is 0 Å². The predicted molar refractivity (Wildman–Crippen MR) is 225 cm³/mol. The first kappa shape index (κ1) is 48.3. The molecule has 4 amide bonds. The maximum Gasteiger partial charge on any atom is 1.00 e. The second kappa shape index (κ2) is 21.6. The third kappa shape index (κ3) is 11.5. The summed E-state index contributed by atoms with van der Waals surface area (Å²) < 4.78 is 26.6. The van der Waals surface area contributed by atoms with Crippen LogP contribution < -0.4 is 48.8 Å². The van der Waals surface area contributed by atoms with Crippen LogP contribution in [0.3, 0.4) is 0 Å². The largest absolute Gasteiger partial charge is 1.00 e. The summed E-state index contributed by atoms with van der Waals surface area (Å²) in [4.78, 5) is 76.7. The molecule has 2 aliphatic rings. The van der Waals surface area contributed by atoms with Crippen LogP contribution in [0.15, 0.2) is 118 Å². The molecule has 0 bridgehead atoms. The number of nitrogens with one attached hydrogen (secondary N) is 2. The van der Waals surface area contributed by atoms with E-state index in [1.165, 1.54) is 54.3 Å². The predicted octanol–water partition coefficient (Wildman–Crippen LogP) is 1.15. The molecule has 2 atom stereocenters. The van der Waals surface area contributed by atoms with Gasteiger partial charge >= 0.3 is 30.8 Å². The van der Waals surface area contributed by atoms with Crippen LogP contribution in [0.5, 0.6) is 11.5 Å². The van der Waals surface area contributed by atoms with Gasteiger partial charge in [-0.05, 0) is 47.5 Å². The number of hydrogen-bond acceptors (Lipinski definition) is 14. The molecule has 20 heteroatoms. The second-order valence-electron chi connectivity index (χ2n) is 14.3. The van der Waals surface area contributed by atoms with Crippen LogP contribution in [0, 0.1) is 0 Å². The number of ether oxygens (including phenoxy) is 3. The number of nitrogens with zero attached hydrogens (tertiary/aromatic N) is 4. The molecule has 330 valence electrons. The summed E-state index contributed by atoms with van der Waals surface area (Å²) in [6, 6.07) is 29.3. The van der Waals surface area contributed by atoms with E-state index in [0.717, 1.165) is 11.1 Å². The number of likely N-dealkylation sites (N-methyl/N-ethyl adjacent to an activating group) is 2. The molecule has 6 aromatic rings. The average Bonchev–Trinajstić information content (AvgIpc) is 3.94. The fourth-order valence-corrected chi connectivity index (χ4v) is 6.65.